The van der Waals surface area contributed by atoms with E-state index in [4.69, 9.17) is 4.74 Å². The van der Waals surface area contributed by atoms with E-state index in [0.717, 1.165) is 32.1 Å². The van der Waals surface area contributed by atoms with Gasteiger partial charge in [-0.2, -0.15) is 22.0 Å². The first-order valence-corrected chi connectivity index (χ1v) is 12.2. The Morgan fingerprint density at radius 3 is 2.00 bits per heavy atom. The van der Waals surface area contributed by atoms with Crippen LogP contribution in [0.25, 0.3) is 0 Å². The first-order chi connectivity index (χ1) is 15.8. The third kappa shape index (κ3) is 4.47. The van der Waals surface area contributed by atoms with E-state index in [1.807, 2.05) is 13.8 Å². The maximum atomic E-state index is 14.1. The number of hydrogen-bond acceptors (Lipinski definition) is 3. The van der Waals surface area contributed by atoms with Gasteiger partial charge in [0.25, 0.3) is 0 Å². The summed E-state index contributed by atoms with van der Waals surface area (Å²) in [7, 11) is 0. The van der Waals surface area contributed by atoms with Crippen molar-refractivity contribution in [3.8, 4) is 0 Å². The van der Waals surface area contributed by atoms with Crippen LogP contribution in [0.3, 0.4) is 0 Å². The summed E-state index contributed by atoms with van der Waals surface area (Å²) in [6, 6.07) is 8.46. The van der Waals surface area contributed by atoms with Crippen molar-refractivity contribution < 1.29 is 36.6 Å². The molecule has 4 aliphatic carbocycles. The largest absolute Gasteiger partial charge is 0.456 e. The van der Waals surface area contributed by atoms with Gasteiger partial charge in [0, 0.05) is 0 Å². The van der Waals surface area contributed by atoms with Gasteiger partial charge in [-0.1, -0.05) is 44.2 Å². The molecule has 4 saturated carbocycles. The van der Waals surface area contributed by atoms with Gasteiger partial charge in [-0.25, -0.2) is 4.79 Å². The van der Waals surface area contributed by atoms with Crippen molar-refractivity contribution in [2.45, 2.75) is 88.5 Å². The average Bonchev–Trinajstić information content (AvgIpc) is 2.73. The maximum absolute atomic E-state index is 14.1. The Balaban J connectivity index is 1.62. The van der Waals surface area contributed by atoms with Gasteiger partial charge in [0.1, 0.15) is 5.60 Å². The molecule has 34 heavy (non-hydrogen) atoms. The minimum Gasteiger partial charge on any atom is -0.456 e. The van der Waals surface area contributed by atoms with E-state index < -0.39 is 42.1 Å². The molecule has 0 aromatic heterocycles. The summed E-state index contributed by atoms with van der Waals surface area (Å²) >= 11 is 0. The van der Waals surface area contributed by atoms with Crippen LogP contribution >= 0.6 is 0 Å². The molecule has 0 spiro atoms. The summed E-state index contributed by atoms with van der Waals surface area (Å²) in [5.41, 5.74) is -3.29. The number of esters is 1. The summed E-state index contributed by atoms with van der Waals surface area (Å²) in [4.78, 5) is 13.4. The highest BCUT2D eigenvalue weighted by atomic mass is 19.4. The lowest BCUT2D eigenvalue weighted by atomic mass is 9.47. The fraction of sp³-hybridized carbons (Fsp3) is 0.731. The second-order valence-corrected chi connectivity index (χ2v) is 11.1. The molecule has 0 radical (unpaired) electrons. The summed E-state index contributed by atoms with van der Waals surface area (Å²) in [6.45, 7) is 3.81. The number of rotatable bonds is 8. The topological polar surface area (TPSA) is 46.5 Å². The zero-order chi connectivity index (χ0) is 24.9. The SMILES string of the molecule is CC(C)C1(OC(=O)C(O)(CCc2ccccc2)CC(F)(F)C(F)(F)F)C2CC3CC(C2)CC1C3. The number of ether oxygens (including phenoxy) is 1. The molecule has 1 aromatic carbocycles. The van der Waals surface area contributed by atoms with Gasteiger partial charge >= 0.3 is 18.1 Å². The number of carbonyl (C=O) groups is 1. The number of aryl methyl sites for hydroxylation is 1. The van der Waals surface area contributed by atoms with Crippen LogP contribution < -0.4 is 0 Å². The summed E-state index contributed by atoms with van der Waals surface area (Å²) in [5, 5.41) is 11.1. The van der Waals surface area contributed by atoms with E-state index in [-0.39, 0.29) is 24.2 Å². The highest BCUT2D eigenvalue weighted by Gasteiger charge is 2.65. The number of aliphatic hydroxyl groups is 1. The number of benzene rings is 1. The number of hydrogen-bond donors (Lipinski definition) is 1. The molecule has 1 unspecified atom stereocenters. The molecule has 190 valence electrons. The Hall–Kier alpha value is -1.70. The third-order valence-electron chi connectivity index (χ3n) is 8.57. The molecule has 1 atom stereocenters. The zero-order valence-corrected chi connectivity index (χ0v) is 19.6. The molecule has 0 amide bonds. The molecular weight excluding hydrogens is 455 g/mol. The van der Waals surface area contributed by atoms with E-state index in [2.05, 4.69) is 0 Å². The van der Waals surface area contributed by atoms with Crippen molar-refractivity contribution in [2.24, 2.45) is 29.6 Å². The van der Waals surface area contributed by atoms with Crippen LogP contribution in [0.4, 0.5) is 22.0 Å². The van der Waals surface area contributed by atoms with Gasteiger partial charge in [-0.15, -0.1) is 0 Å². The molecular formula is C26H33F5O3. The summed E-state index contributed by atoms with van der Waals surface area (Å²) < 4.78 is 73.5. The molecule has 0 saturated heterocycles. The van der Waals surface area contributed by atoms with Gasteiger partial charge in [-0.3, -0.25) is 0 Å². The normalized spacial score (nSPS) is 32.6. The lowest BCUT2D eigenvalue weighted by Gasteiger charge is -2.62. The predicted molar refractivity (Wildman–Crippen MR) is 116 cm³/mol. The van der Waals surface area contributed by atoms with Gasteiger partial charge in [0.2, 0.25) is 0 Å². The van der Waals surface area contributed by atoms with Crippen LogP contribution in [-0.2, 0) is 16.0 Å². The van der Waals surface area contributed by atoms with Gasteiger partial charge in [0.05, 0.1) is 6.42 Å². The van der Waals surface area contributed by atoms with Crippen molar-refractivity contribution in [3.05, 3.63) is 35.9 Å². The highest BCUT2D eigenvalue weighted by molar-refractivity contribution is 5.80. The molecule has 4 bridgehead atoms. The van der Waals surface area contributed by atoms with Crippen molar-refractivity contribution >= 4 is 5.97 Å². The van der Waals surface area contributed by atoms with Crippen LogP contribution in [0.1, 0.15) is 64.4 Å². The first kappa shape index (κ1) is 25.4. The standard InChI is InChI=1S/C26H33F5O3/c1-16(2)25(20-11-18-10-19(13-20)14-21(25)12-18)34-22(32)23(33,15-24(27,28)26(29,30)31)9-8-17-6-4-3-5-7-17/h3-7,16,18-21,33H,8-15H2,1-2H3. The van der Waals surface area contributed by atoms with Crippen LogP contribution in [-0.4, -0.2) is 34.4 Å². The number of carbonyl (C=O) groups excluding carboxylic acids is 1. The van der Waals surface area contributed by atoms with Crippen molar-refractivity contribution in [2.75, 3.05) is 0 Å². The Morgan fingerprint density at radius 1 is 1.00 bits per heavy atom. The smallest absolute Gasteiger partial charge is 0.453 e. The fourth-order valence-corrected chi connectivity index (χ4v) is 7.13. The molecule has 4 aliphatic rings. The minimum absolute atomic E-state index is 0.0357. The van der Waals surface area contributed by atoms with Gasteiger partial charge < -0.3 is 9.84 Å². The lowest BCUT2D eigenvalue weighted by molar-refractivity contribution is -0.299. The second kappa shape index (κ2) is 8.75. The third-order valence-corrected chi connectivity index (χ3v) is 8.57. The van der Waals surface area contributed by atoms with E-state index in [1.54, 1.807) is 30.3 Å². The number of halogens is 5. The molecule has 8 heteroatoms. The molecule has 3 nitrogen and oxygen atoms in total. The fourth-order valence-electron chi connectivity index (χ4n) is 7.13. The number of alkyl halides is 5. The Bertz CT molecular complexity index is 854. The van der Waals surface area contributed by atoms with Crippen LogP contribution in [0.5, 0.6) is 0 Å². The van der Waals surface area contributed by atoms with Crippen LogP contribution in [0.2, 0.25) is 0 Å². The molecule has 0 heterocycles. The molecule has 1 aromatic rings. The first-order valence-electron chi connectivity index (χ1n) is 12.2. The summed E-state index contributed by atoms with van der Waals surface area (Å²) in [5.74, 6) is -5.57. The van der Waals surface area contributed by atoms with Crippen molar-refractivity contribution in [3.63, 3.8) is 0 Å². The summed E-state index contributed by atoms with van der Waals surface area (Å²) in [6.07, 6.45) is -3.97. The maximum Gasteiger partial charge on any atom is 0.453 e. The van der Waals surface area contributed by atoms with Crippen LogP contribution in [0.15, 0.2) is 30.3 Å². The molecule has 5 rings (SSSR count). The molecule has 1 N–H and O–H groups in total. The Morgan fingerprint density at radius 2 is 1.53 bits per heavy atom. The molecule has 4 fully saturated rings. The van der Waals surface area contributed by atoms with Gasteiger partial charge in [-0.05, 0) is 80.1 Å². The van der Waals surface area contributed by atoms with E-state index >= 15 is 0 Å². The minimum atomic E-state index is -5.88. The van der Waals surface area contributed by atoms with E-state index in [0.29, 0.717) is 17.4 Å². The zero-order valence-electron chi connectivity index (χ0n) is 19.6. The monoisotopic (exact) mass is 488 g/mol. The molecule has 0 aliphatic heterocycles. The Kier molecular flexibility index (Phi) is 6.54. The van der Waals surface area contributed by atoms with Crippen LogP contribution in [0, 0.1) is 29.6 Å². The lowest BCUT2D eigenvalue weighted by Crippen LogP contribution is -2.64. The highest BCUT2D eigenvalue weighted by Crippen LogP contribution is 2.62. The Labute approximate surface area is 197 Å². The van der Waals surface area contributed by atoms with Crippen molar-refractivity contribution in [1.82, 2.24) is 0 Å². The van der Waals surface area contributed by atoms with E-state index in [1.165, 1.54) is 0 Å². The van der Waals surface area contributed by atoms with Crippen molar-refractivity contribution in [1.29, 1.82) is 0 Å². The quantitative estimate of drug-likeness (QED) is 0.344. The predicted octanol–water partition coefficient (Wildman–Crippen LogP) is 6.33. The van der Waals surface area contributed by atoms with Gasteiger partial charge in [0.15, 0.2) is 5.60 Å². The van der Waals surface area contributed by atoms with E-state index in [9.17, 15) is 31.9 Å². The average molecular weight is 489 g/mol. The second-order valence-electron chi connectivity index (χ2n) is 11.1.